The lowest BCUT2D eigenvalue weighted by molar-refractivity contribution is 0.572. The molecule has 0 nitrogen and oxygen atoms in total. The van der Waals surface area contributed by atoms with Crippen LogP contribution >= 0.6 is 0 Å². The predicted molar refractivity (Wildman–Crippen MR) is 90.7 cm³/mol. The van der Waals surface area contributed by atoms with Crippen molar-refractivity contribution < 1.29 is 4.39 Å². The molecule has 1 unspecified atom stereocenters. The lowest BCUT2D eigenvalue weighted by Crippen LogP contribution is -2.13. The normalized spacial score (nSPS) is 17.6. The summed E-state index contributed by atoms with van der Waals surface area (Å²) in [6, 6.07) is 14.3. The van der Waals surface area contributed by atoms with Crippen LogP contribution in [0.2, 0.25) is 0 Å². The Bertz CT molecular complexity index is 652. The summed E-state index contributed by atoms with van der Waals surface area (Å²) < 4.78 is 13.4. The quantitative estimate of drug-likeness (QED) is 0.643. The van der Waals surface area contributed by atoms with Gasteiger partial charge in [0.25, 0.3) is 0 Å². The molecule has 114 valence electrons. The van der Waals surface area contributed by atoms with Crippen LogP contribution in [-0.2, 0) is 19.3 Å². The average Bonchev–Trinajstić information content (AvgIpc) is 2.55. The molecular weight excluding hydrogens is 271 g/mol. The number of hydrogen-bond donors (Lipinski definition) is 0. The first-order valence-corrected chi connectivity index (χ1v) is 8.23. The Balaban J connectivity index is 1.70. The predicted octanol–water partition coefficient (Wildman–Crippen LogP) is 5.61. The topological polar surface area (TPSA) is 0 Å². The van der Waals surface area contributed by atoms with Crippen LogP contribution in [0.5, 0.6) is 0 Å². The van der Waals surface area contributed by atoms with E-state index in [-0.39, 0.29) is 5.82 Å². The van der Waals surface area contributed by atoms with Gasteiger partial charge >= 0.3 is 0 Å². The van der Waals surface area contributed by atoms with E-state index >= 15 is 0 Å². The molecule has 0 amide bonds. The molecule has 0 heterocycles. The fraction of sp³-hybridized carbons (Fsp3) is 0.333. The van der Waals surface area contributed by atoms with E-state index in [2.05, 4.69) is 43.3 Å². The van der Waals surface area contributed by atoms with Crippen LogP contribution in [0.1, 0.15) is 47.9 Å². The molecule has 3 rings (SSSR count). The maximum Gasteiger partial charge on any atom is 0.123 e. The van der Waals surface area contributed by atoms with Crippen molar-refractivity contribution in [3.63, 3.8) is 0 Å². The van der Waals surface area contributed by atoms with Gasteiger partial charge in [-0.2, -0.15) is 0 Å². The van der Waals surface area contributed by atoms with Crippen molar-refractivity contribution in [2.75, 3.05) is 0 Å². The van der Waals surface area contributed by atoms with Crippen molar-refractivity contribution in [3.05, 3.63) is 82.7 Å². The maximum atomic E-state index is 13.4. The van der Waals surface area contributed by atoms with Gasteiger partial charge in [-0.15, -0.1) is 0 Å². The highest BCUT2D eigenvalue weighted by Gasteiger charge is 2.20. The summed E-state index contributed by atoms with van der Waals surface area (Å²) in [5.41, 5.74) is 5.29. The fourth-order valence-corrected chi connectivity index (χ4v) is 3.38. The molecule has 2 aromatic rings. The number of hydrogen-bond acceptors (Lipinski definition) is 0. The second kappa shape index (κ2) is 6.91. The van der Waals surface area contributed by atoms with Gasteiger partial charge in [-0.25, -0.2) is 4.39 Å². The zero-order chi connectivity index (χ0) is 15.4. The van der Waals surface area contributed by atoms with Gasteiger partial charge in [-0.05, 0) is 79.3 Å². The molecule has 2 aromatic carbocycles. The van der Waals surface area contributed by atoms with E-state index in [1.807, 2.05) is 6.07 Å². The van der Waals surface area contributed by atoms with Crippen molar-refractivity contribution in [2.24, 2.45) is 0 Å². The minimum atomic E-state index is -0.112. The molecule has 0 fully saturated rings. The van der Waals surface area contributed by atoms with Gasteiger partial charge in [0.1, 0.15) is 5.82 Å². The minimum absolute atomic E-state index is 0.112. The first-order valence-electron chi connectivity index (χ1n) is 8.23. The summed E-state index contributed by atoms with van der Waals surface area (Å²) in [5.74, 6) is 0.414. The van der Waals surface area contributed by atoms with E-state index in [1.165, 1.54) is 22.3 Å². The van der Waals surface area contributed by atoms with E-state index in [0.717, 1.165) is 32.1 Å². The minimum Gasteiger partial charge on any atom is -0.207 e. The Kier molecular flexibility index (Phi) is 4.72. The Morgan fingerprint density at radius 3 is 2.68 bits per heavy atom. The molecule has 1 aliphatic rings. The summed E-state index contributed by atoms with van der Waals surface area (Å²) in [7, 11) is 0. The zero-order valence-corrected chi connectivity index (χ0v) is 13.2. The molecule has 0 saturated carbocycles. The highest BCUT2D eigenvalue weighted by atomic mass is 19.1. The summed E-state index contributed by atoms with van der Waals surface area (Å²) in [6.45, 7) is 2.06. The zero-order valence-electron chi connectivity index (χ0n) is 13.2. The van der Waals surface area contributed by atoms with Crippen LogP contribution < -0.4 is 0 Å². The molecule has 22 heavy (non-hydrogen) atoms. The second-order valence-electron chi connectivity index (χ2n) is 6.20. The van der Waals surface area contributed by atoms with E-state index in [1.54, 1.807) is 12.1 Å². The molecule has 0 N–H and O–H groups in total. The molecule has 1 heteroatoms. The molecule has 0 aliphatic heterocycles. The fourth-order valence-electron chi connectivity index (χ4n) is 3.38. The molecule has 1 aliphatic carbocycles. The van der Waals surface area contributed by atoms with E-state index in [4.69, 9.17) is 0 Å². The van der Waals surface area contributed by atoms with Crippen molar-refractivity contribution in [1.29, 1.82) is 0 Å². The second-order valence-corrected chi connectivity index (χ2v) is 6.20. The van der Waals surface area contributed by atoms with Gasteiger partial charge in [0.05, 0.1) is 0 Å². The van der Waals surface area contributed by atoms with Crippen LogP contribution in [0.3, 0.4) is 0 Å². The van der Waals surface area contributed by atoms with Crippen LogP contribution in [0.4, 0.5) is 4.39 Å². The molecule has 0 aromatic heterocycles. The van der Waals surface area contributed by atoms with E-state index in [9.17, 15) is 4.39 Å². The first-order chi connectivity index (χ1) is 10.8. The van der Waals surface area contributed by atoms with Crippen molar-refractivity contribution in [3.8, 4) is 0 Å². The van der Waals surface area contributed by atoms with Gasteiger partial charge in [0.15, 0.2) is 0 Å². The number of fused-ring (bicyclic) bond motifs is 1. The maximum absolute atomic E-state index is 13.4. The summed E-state index contributed by atoms with van der Waals surface area (Å²) in [4.78, 5) is 0. The van der Waals surface area contributed by atoms with Gasteiger partial charge in [-0.1, -0.05) is 42.5 Å². The van der Waals surface area contributed by atoms with Gasteiger partial charge in [0.2, 0.25) is 0 Å². The highest BCUT2D eigenvalue weighted by molar-refractivity contribution is 5.35. The third-order valence-corrected chi connectivity index (χ3v) is 4.68. The summed E-state index contributed by atoms with van der Waals surface area (Å²) >= 11 is 0. The third kappa shape index (κ3) is 3.47. The summed E-state index contributed by atoms with van der Waals surface area (Å²) in [6.07, 6.45) is 9.70. The van der Waals surface area contributed by atoms with Gasteiger partial charge in [0, 0.05) is 0 Å². The molecule has 0 bridgehead atoms. The Labute approximate surface area is 132 Å². The number of halogens is 1. The largest absolute Gasteiger partial charge is 0.207 e. The number of benzene rings is 2. The number of aryl methyl sites for hydroxylation is 2. The molecule has 0 spiro atoms. The van der Waals surface area contributed by atoms with Crippen molar-refractivity contribution in [1.82, 2.24) is 0 Å². The lowest BCUT2D eigenvalue weighted by atomic mass is 9.80. The Hall–Kier alpha value is -1.89. The Morgan fingerprint density at radius 2 is 1.91 bits per heavy atom. The third-order valence-electron chi connectivity index (χ3n) is 4.68. The van der Waals surface area contributed by atoms with Crippen LogP contribution in [0.25, 0.3) is 0 Å². The molecule has 0 radical (unpaired) electrons. The average molecular weight is 294 g/mol. The van der Waals surface area contributed by atoms with Crippen LogP contribution in [-0.4, -0.2) is 0 Å². The number of rotatable bonds is 4. The molecule has 1 atom stereocenters. The monoisotopic (exact) mass is 294 g/mol. The van der Waals surface area contributed by atoms with E-state index in [0.29, 0.717) is 5.92 Å². The lowest BCUT2D eigenvalue weighted by Gasteiger charge is -2.25. The molecule has 0 saturated heterocycles. The highest BCUT2D eigenvalue weighted by Crippen LogP contribution is 2.33. The van der Waals surface area contributed by atoms with Crippen molar-refractivity contribution in [2.45, 2.75) is 44.9 Å². The standard InChI is InChI=1S/C21H23F/c1-2-3-4-5-16-6-8-17(9-7-16)19-11-10-18-12-13-21(22)15-20(18)14-19/h2-3,6-9,12-13,15,19H,4-5,10-11,14H2,1H3/b3-2+. The summed E-state index contributed by atoms with van der Waals surface area (Å²) in [5, 5.41) is 0. The van der Waals surface area contributed by atoms with Crippen LogP contribution in [0.15, 0.2) is 54.6 Å². The van der Waals surface area contributed by atoms with Gasteiger partial charge in [-0.3, -0.25) is 0 Å². The SMILES string of the molecule is C/C=C/CCc1ccc(C2CCc3ccc(F)cc3C2)cc1. The smallest absolute Gasteiger partial charge is 0.123 e. The number of allylic oxidation sites excluding steroid dienone is 2. The van der Waals surface area contributed by atoms with E-state index < -0.39 is 0 Å². The van der Waals surface area contributed by atoms with Crippen LogP contribution in [0, 0.1) is 5.82 Å². The van der Waals surface area contributed by atoms with Crippen molar-refractivity contribution >= 4 is 0 Å². The molecular formula is C21H23F. The first kappa shape index (κ1) is 15.0. The van der Waals surface area contributed by atoms with Gasteiger partial charge < -0.3 is 0 Å². The Morgan fingerprint density at radius 1 is 1.09 bits per heavy atom.